The Balaban J connectivity index is 5.27. The number of phosphoric acid groups is 2. The average molecular weight is 1410 g/mol. The van der Waals surface area contributed by atoms with Gasteiger partial charge in [-0.15, -0.1) is 0 Å². The van der Waals surface area contributed by atoms with Crippen molar-refractivity contribution in [3.05, 3.63) is 24.3 Å². The Bertz CT molecular complexity index is 1950. The van der Waals surface area contributed by atoms with E-state index in [4.69, 9.17) is 37.0 Å². The number of aliphatic hydroxyl groups excluding tert-OH is 1. The standard InChI is InChI=1S/C77H146O17P2/c1-7-10-12-14-16-18-19-20-22-26-29-36-42-48-54-60-75(80)88-66-73(93-76(81)61-55-49-43-37-30-27-24-21-23-25-28-34-39-45-51-57-69(4)5)68-92-96(85,86)90-64-71(78)63-89-95(83,84)91-67-72(65-87-74(79)59-53-47-41-33-17-15-13-11-8-2)94-77(82)62-56-50-44-38-32-31-35-40-46-52-58-70(6)9-3/h18-20,22,69-73,78H,7-17,21,23-68H2,1-6H3,(H,83,84)(H,85,86)/b19-18-,22-20-/t70?,71-,72+,73+/m0/s1. The average Bonchev–Trinajstić information content (AvgIpc) is 2.14. The first-order valence-electron chi connectivity index (χ1n) is 39.3. The number of ether oxygens (including phenoxy) is 4. The van der Waals surface area contributed by atoms with Crippen LogP contribution in [0, 0.1) is 11.8 Å². The molecule has 17 nitrogen and oxygen atoms in total. The van der Waals surface area contributed by atoms with E-state index >= 15 is 0 Å². The summed E-state index contributed by atoms with van der Waals surface area (Å²) >= 11 is 0. The van der Waals surface area contributed by atoms with Crippen LogP contribution in [0.2, 0.25) is 0 Å². The molecule has 0 saturated heterocycles. The molecule has 0 aliphatic heterocycles. The van der Waals surface area contributed by atoms with Gasteiger partial charge in [-0.1, -0.05) is 323 Å². The van der Waals surface area contributed by atoms with Gasteiger partial charge in [-0.2, -0.15) is 0 Å². The third-order valence-corrected chi connectivity index (χ3v) is 19.6. The van der Waals surface area contributed by atoms with Gasteiger partial charge in [0.1, 0.15) is 19.3 Å². The summed E-state index contributed by atoms with van der Waals surface area (Å²) in [6.07, 6.45) is 58.9. The number of esters is 4. The Kier molecular flexibility index (Phi) is 66.6. The quantitative estimate of drug-likeness (QED) is 0.0169. The number of unbranched alkanes of at least 4 members (excludes halogenated alkanes) is 40. The summed E-state index contributed by atoms with van der Waals surface area (Å²) in [5.74, 6) is -0.543. The number of carbonyl (C=O) groups excluding carboxylic acids is 4. The zero-order chi connectivity index (χ0) is 70.7. The fourth-order valence-corrected chi connectivity index (χ4v) is 12.8. The zero-order valence-electron chi connectivity index (χ0n) is 62.2. The highest BCUT2D eigenvalue weighted by Gasteiger charge is 2.30. The van der Waals surface area contributed by atoms with Crippen molar-refractivity contribution in [2.24, 2.45) is 11.8 Å². The van der Waals surface area contributed by atoms with Crippen LogP contribution in [0.25, 0.3) is 0 Å². The summed E-state index contributed by atoms with van der Waals surface area (Å²) in [6.45, 7) is 9.57. The number of phosphoric ester groups is 2. The number of hydrogen-bond donors (Lipinski definition) is 3. The molecule has 0 aromatic rings. The molecular weight excluding hydrogens is 1260 g/mol. The van der Waals surface area contributed by atoms with E-state index in [-0.39, 0.29) is 25.7 Å². The molecule has 3 unspecified atom stereocenters. The molecule has 0 spiro atoms. The van der Waals surface area contributed by atoms with Crippen molar-refractivity contribution < 1.29 is 80.2 Å². The van der Waals surface area contributed by atoms with E-state index in [2.05, 4.69) is 65.8 Å². The van der Waals surface area contributed by atoms with Crippen molar-refractivity contribution >= 4 is 39.5 Å². The molecule has 0 fully saturated rings. The van der Waals surface area contributed by atoms with Crippen LogP contribution in [0.5, 0.6) is 0 Å². The number of hydrogen-bond acceptors (Lipinski definition) is 15. The summed E-state index contributed by atoms with van der Waals surface area (Å²) < 4.78 is 68.5. The molecule has 0 aromatic carbocycles. The van der Waals surface area contributed by atoms with Crippen molar-refractivity contribution in [2.75, 3.05) is 39.6 Å². The summed E-state index contributed by atoms with van der Waals surface area (Å²) in [6, 6.07) is 0. The Morgan fingerprint density at radius 3 is 0.938 bits per heavy atom. The van der Waals surface area contributed by atoms with Gasteiger partial charge in [0.2, 0.25) is 0 Å². The lowest BCUT2D eigenvalue weighted by molar-refractivity contribution is -0.161. The normalized spacial score (nSPS) is 14.4. The highest BCUT2D eigenvalue weighted by atomic mass is 31.2. The molecule has 0 rings (SSSR count). The number of carbonyl (C=O) groups is 4. The van der Waals surface area contributed by atoms with Crippen molar-refractivity contribution in [3.63, 3.8) is 0 Å². The zero-order valence-corrected chi connectivity index (χ0v) is 63.9. The van der Waals surface area contributed by atoms with Crippen molar-refractivity contribution in [1.82, 2.24) is 0 Å². The Hall–Kier alpha value is -2.46. The minimum absolute atomic E-state index is 0.101. The fraction of sp³-hybridized carbons (Fsp3) is 0.896. The Labute approximate surface area is 586 Å². The van der Waals surface area contributed by atoms with Gasteiger partial charge >= 0.3 is 39.5 Å². The lowest BCUT2D eigenvalue weighted by atomic mass is 9.99. The Morgan fingerprint density at radius 1 is 0.344 bits per heavy atom. The topological polar surface area (TPSA) is 237 Å². The fourth-order valence-electron chi connectivity index (χ4n) is 11.3. The first-order valence-corrected chi connectivity index (χ1v) is 42.3. The first-order chi connectivity index (χ1) is 46.4. The largest absolute Gasteiger partial charge is 0.472 e. The van der Waals surface area contributed by atoms with E-state index in [1.807, 2.05) is 0 Å². The van der Waals surface area contributed by atoms with Crippen LogP contribution < -0.4 is 0 Å². The molecule has 0 aliphatic carbocycles. The second-order valence-corrected chi connectivity index (χ2v) is 30.7. The van der Waals surface area contributed by atoms with E-state index in [1.165, 1.54) is 173 Å². The van der Waals surface area contributed by atoms with Gasteiger partial charge in [0.05, 0.1) is 26.4 Å². The van der Waals surface area contributed by atoms with Crippen LogP contribution >= 0.6 is 15.6 Å². The third-order valence-electron chi connectivity index (χ3n) is 17.7. The molecule has 19 heteroatoms. The van der Waals surface area contributed by atoms with Crippen molar-refractivity contribution in [3.8, 4) is 0 Å². The second-order valence-electron chi connectivity index (χ2n) is 27.8. The molecule has 0 heterocycles. The SMILES string of the molecule is CCCCCC/C=C\C=C/CCCCCCCC(=O)OC[C@H](COP(=O)(O)OC[C@@H](O)COP(=O)(O)OC[C@@H](COC(=O)CCCCCCCCCCC)OC(=O)CCCCCCCCCCCCC(C)CC)OC(=O)CCCCCCCCCCCCCCCCCC(C)C. The van der Waals surface area contributed by atoms with Gasteiger partial charge in [-0.3, -0.25) is 37.3 Å². The van der Waals surface area contributed by atoms with Crippen molar-refractivity contribution in [1.29, 1.82) is 0 Å². The number of aliphatic hydroxyl groups is 1. The van der Waals surface area contributed by atoms with E-state index < -0.39 is 97.5 Å². The third kappa shape index (κ3) is 68.7. The minimum Gasteiger partial charge on any atom is -0.462 e. The van der Waals surface area contributed by atoms with Crippen LogP contribution in [0.4, 0.5) is 0 Å². The maximum atomic E-state index is 13.1. The van der Waals surface area contributed by atoms with Gasteiger partial charge < -0.3 is 33.8 Å². The van der Waals surface area contributed by atoms with Crippen LogP contribution in [0.3, 0.4) is 0 Å². The molecule has 0 bridgehead atoms. The van der Waals surface area contributed by atoms with Crippen molar-refractivity contribution in [2.45, 2.75) is 394 Å². The van der Waals surface area contributed by atoms with E-state index in [0.717, 1.165) is 121 Å². The molecule has 96 heavy (non-hydrogen) atoms. The maximum absolute atomic E-state index is 13.1. The maximum Gasteiger partial charge on any atom is 0.472 e. The molecule has 0 radical (unpaired) electrons. The second kappa shape index (κ2) is 68.3. The highest BCUT2D eigenvalue weighted by Crippen LogP contribution is 2.45. The predicted octanol–water partition coefficient (Wildman–Crippen LogP) is 22.3. The lowest BCUT2D eigenvalue weighted by Crippen LogP contribution is -2.30. The molecule has 0 aliphatic rings. The van der Waals surface area contributed by atoms with Crippen LogP contribution in [-0.4, -0.2) is 96.7 Å². The lowest BCUT2D eigenvalue weighted by Gasteiger charge is -2.21. The van der Waals surface area contributed by atoms with Crippen LogP contribution in [-0.2, 0) is 65.4 Å². The van der Waals surface area contributed by atoms with Gasteiger partial charge in [0.25, 0.3) is 0 Å². The highest BCUT2D eigenvalue weighted by molar-refractivity contribution is 7.47. The molecule has 0 aromatic heterocycles. The van der Waals surface area contributed by atoms with Gasteiger partial charge in [-0.25, -0.2) is 9.13 Å². The minimum atomic E-state index is -4.97. The van der Waals surface area contributed by atoms with Crippen LogP contribution in [0.1, 0.15) is 375 Å². The summed E-state index contributed by atoms with van der Waals surface area (Å²) in [5, 5.41) is 10.6. The molecule has 6 atom stereocenters. The first kappa shape index (κ1) is 93.5. The van der Waals surface area contributed by atoms with E-state index in [0.29, 0.717) is 25.7 Å². The molecule has 3 N–H and O–H groups in total. The van der Waals surface area contributed by atoms with Gasteiger partial charge in [0, 0.05) is 25.7 Å². The Morgan fingerprint density at radius 2 is 0.615 bits per heavy atom. The summed E-state index contributed by atoms with van der Waals surface area (Å²) in [5.41, 5.74) is 0. The molecule has 0 amide bonds. The molecular formula is C77H146O17P2. The predicted molar refractivity (Wildman–Crippen MR) is 391 cm³/mol. The van der Waals surface area contributed by atoms with E-state index in [1.54, 1.807) is 0 Å². The molecule has 566 valence electrons. The smallest absolute Gasteiger partial charge is 0.462 e. The molecule has 0 saturated carbocycles. The summed E-state index contributed by atoms with van der Waals surface area (Å²) in [4.78, 5) is 72.8. The monoisotopic (exact) mass is 1410 g/mol. The van der Waals surface area contributed by atoms with Gasteiger partial charge in [-0.05, 0) is 63.2 Å². The summed E-state index contributed by atoms with van der Waals surface area (Å²) in [7, 11) is -9.92. The number of rotatable bonds is 74. The number of allylic oxidation sites excluding steroid dienone is 4. The van der Waals surface area contributed by atoms with Crippen LogP contribution in [0.15, 0.2) is 24.3 Å². The van der Waals surface area contributed by atoms with E-state index in [9.17, 15) is 43.2 Å². The van der Waals surface area contributed by atoms with Gasteiger partial charge in [0.15, 0.2) is 12.2 Å².